The fourth-order valence-corrected chi connectivity index (χ4v) is 5.31. The Labute approximate surface area is 237 Å². The Bertz CT molecular complexity index is 1420. The first-order valence-electron chi connectivity index (χ1n) is 13.2. The average Bonchev–Trinajstić information content (AvgIpc) is 3.27. The van der Waals surface area contributed by atoms with Crippen molar-refractivity contribution in [2.45, 2.75) is 45.9 Å². The summed E-state index contributed by atoms with van der Waals surface area (Å²) in [5, 5.41) is 9.32. The summed E-state index contributed by atoms with van der Waals surface area (Å²) in [6.45, 7) is 6.14. The number of imidazole rings is 1. The number of unbranched alkanes of at least 4 members (excludes halogenated alkanes) is 1. The van der Waals surface area contributed by atoms with Crippen LogP contribution in [0.3, 0.4) is 0 Å². The lowest BCUT2D eigenvalue weighted by Crippen LogP contribution is -2.25. The predicted molar refractivity (Wildman–Crippen MR) is 154 cm³/mol. The molecule has 0 bridgehead atoms. The van der Waals surface area contributed by atoms with Gasteiger partial charge in [0.2, 0.25) is 0 Å². The molecule has 0 saturated carbocycles. The number of rotatable bonds is 11. The van der Waals surface area contributed by atoms with Crippen LogP contribution in [0.15, 0.2) is 77.4 Å². The number of nitrogens with zero attached hydrogens (tertiary/aromatic N) is 3. The van der Waals surface area contributed by atoms with E-state index in [2.05, 4.69) is 50.5 Å². The van der Waals surface area contributed by atoms with Gasteiger partial charge in [0, 0.05) is 31.7 Å². The van der Waals surface area contributed by atoms with Gasteiger partial charge in [0.15, 0.2) is 11.5 Å². The molecule has 1 aliphatic rings. The van der Waals surface area contributed by atoms with E-state index in [-0.39, 0.29) is 5.56 Å². The second-order valence-electron chi connectivity index (χ2n) is 9.67. The summed E-state index contributed by atoms with van der Waals surface area (Å²) in [4.78, 5) is 18.7. The van der Waals surface area contributed by atoms with E-state index >= 15 is 0 Å². The highest BCUT2D eigenvalue weighted by molar-refractivity contribution is 9.10. The maximum atomic E-state index is 11.4. The topological polar surface area (TPSA) is 76.8 Å². The molecule has 0 atom stereocenters. The van der Waals surface area contributed by atoms with Gasteiger partial charge in [-0.25, -0.2) is 9.78 Å². The second kappa shape index (κ2) is 12.5. The van der Waals surface area contributed by atoms with Gasteiger partial charge < -0.3 is 19.1 Å². The Morgan fingerprint density at radius 1 is 0.949 bits per heavy atom. The Morgan fingerprint density at radius 2 is 1.64 bits per heavy atom. The Balaban J connectivity index is 1.48. The van der Waals surface area contributed by atoms with Gasteiger partial charge in [-0.3, -0.25) is 4.90 Å². The number of aromatic carboxylic acids is 1. The molecule has 4 aromatic rings. The highest BCUT2D eigenvalue weighted by Gasteiger charge is 2.21. The van der Waals surface area contributed by atoms with E-state index in [0.29, 0.717) is 32.8 Å². The van der Waals surface area contributed by atoms with E-state index in [1.54, 1.807) is 12.1 Å². The molecule has 202 valence electrons. The van der Waals surface area contributed by atoms with Crippen molar-refractivity contribution in [3.05, 3.63) is 99.8 Å². The average molecular weight is 591 g/mol. The fraction of sp³-hybridized carbons (Fsp3) is 0.290. The molecule has 3 aromatic carbocycles. The van der Waals surface area contributed by atoms with Crippen LogP contribution in [-0.4, -0.2) is 38.7 Å². The molecule has 0 fully saturated rings. The van der Waals surface area contributed by atoms with Gasteiger partial charge in [0.25, 0.3) is 0 Å². The smallest absolute Gasteiger partial charge is 0.335 e. The minimum atomic E-state index is -0.924. The molecule has 0 amide bonds. The van der Waals surface area contributed by atoms with Gasteiger partial charge in [0.1, 0.15) is 23.6 Å². The Kier molecular flexibility index (Phi) is 8.64. The summed E-state index contributed by atoms with van der Waals surface area (Å²) in [5.74, 6) is 1.57. The maximum absolute atomic E-state index is 11.4. The minimum absolute atomic E-state index is 0.282. The molecule has 5 rings (SSSR count). The van der Waals surface area contributed by atoms with E-state index in [9.17, 15) is 9.90 Å². The van der Waals surface area contributed by atoms with Crippen LogP contribution >= 0.6 is 15.9 Å². The van der Waals surface area contributed by atoms with Crippen LogP contribution in [0.25, 0.3) is 11.4 Å². The van der Waals surface area contributed by atoms with Gasteiger partial charge in [-0.1, -0.05) is 61.9 Å². The Hall–Kier alpha value is -3.62. The monoisotopic (exact) mass is 589 g/mol. The molecule has 0 saturated heterocycles. The summed E-state index contributed by atoms with van der Waals surface area (Å²) < 4.78 is 14.7. The highest BCUT2D eigenvalue weighted by Crippen LogP contribution is 2.32. The lowest BCUT2D eigenvalue weighted by Gasteiger charge is -2.25. The lowest BCUT2D eigenvalue weighted by atomic mass is 10.1. The second-order valence-corrected chi connectivity index (χ2v) is 10.4. The number of carbonyl (C=O) groups is 1. The maximum Gasteiger partial charge on any atom is 0.335 e. The lowest BCUT2D eigenvalue weighted by molar-refractivity contribution is 0.0697. The quantitative estimate of drug-likeness (QED) is 0.208. The molecule has 2 heterocycles. The van der Waals surface area contributed by atoms with Gasteiger partial charge in [-0.15, -0.1) is 0 Å². The molecule has 39 heavy (non-hydrogen) atoms. The molecule has 0 radical (unpaired) electrons. The molecule has 8 heteroatoms. The van der Waals surface area contributed by atoms with Crippen molar-refractivity contribution in [3.63, 3.8) is 0 Å². The highest BCUT2D eigenvalue weighted by atomic mass is 79.9. The zero-order valence-electron chi connectivity index (χ0n) is 22.0. The van der Waals surface area contributed by atoms with E-state index < -0.39 is 5.97 Å². The summed E-state index contributed by atoms with van der Waals surface area (Å²) in [6, 6.07) is 23.5. The summed E-state index contributed by atoms with van der Waals surface area (Å²) >= 11 is 3.77. The minimum Gasteiger partial charge on any atom is -0.486 e. The van der Waals surface area contributed by atoms with Crippen molar-refractivity contribution in [2.24, 2.45) is 0 Å². The molecule has 1 aromatic heterocycles. The third-order valence-corrected chi connectivity index (χ3v) is 7.42. The van der Waals surface area contributed by atoms with Crippen molar-refractivity contribution >= 4 is 21.9 Å². The van der Waals surface area contributed by atoms with E-state index in [0.717, 1.165) is 63.7 Å². The van der Waals surface area contributed by atoms with Crippen LogP contribution in [-0.2, 0) is 26.2 Å². The number of fused-ring (bicyclic) bond motifs is 1. The first-order valence-corrected chi connectivity index (χ1v) is 14.0. The van der Waals surface area contributed by atoms with E-state index in [4.69, 9.17) is 14.5 Å². The summed E-state index contributed by atoms with van der Waals surface area (Å²) in [5.41, 5.74) is 4.63. The van der Waals surface area contributed by atoms with E-state index in [1.165, 1.54) is 0 Å². The van der Waals surface area contributed by atoms with Crippen molar-refractivity contribution in [1.82, 2.24) is 14.5 Å². The number of hydrogen-bond acceptors (Lipinski definition) is 5. The Morgan fingerprint density at radius 3 is 2.36 bits per heavy atom. The predicted octanol–water partition coefficient (Wildman–Crippen LogP) is 6.78. The molecule has 1 aliphatic heterocycles. The number of aromatic nitrogens is 2. The number of benzene rings is 3. The van der Waals surface area contributed by atoms with Crippen molar-refractivity contribution < 1.29 is 19.4 Å². The third kappa shape index (κ3) is 6.52. The van der Waals surface area contributed by atoms with Crippen LogP contribution < -0.4 is 9.47 Å². The molecular weight excluding hydrogens is 558 g/mol. The first kappa shape index (κ1) is 27.0. The molecular formula is C31H32BrN3O4. The van der Waals surface area contributed by atoms with Crippen molar-refractivity contribution in [1.29, 1.82) is 0 Å². The summed E-state index contributed by atoms with van der Waals surface area (Å²) in [6.07, 6.45) is 2.13. The molecule has 0 spiro atoms. The number of carboxylic acid groups (broad SMARTS) is 1. The number of carboxylic acids is 1. The zero-order chi connectivity index (χ0) is 27.2. The molecule has 0 aliphatic carbocycles. The van der Waals surface area contributed by atoms with Crippen LogP contribution in [0.2, 0.25) is 0 Å². The molecule has 7 nitrogen and oxygen atoms in total. The van der Waals surface area contributed by atoms with Crippen LogP contribution in [0.1, 0.15) is 46.9 Å². The number of ether oxygens (including phenoxy) is 2. The first-order chi connectivity index (χ1) is 19.0. The van der Waals surface area contributed by atoms with Crippen molar-refractivity contribution in [2.75, 3.05) is 13.2 Å². The summed E-state index contributed by atoms with van der Waals surface area (Å²) in [7, 11) is 0. The SMILES string of the molecule is CCCCn1c(-c2ccccc2)nc(Br)c1CN(Cc1ccc(C(=O)O)cc1)Cc1ccc2c(c1)OCCO2. The van der Waals surface area contributed by atoms with Gasteiger partial charge in [-0.2, -0.15) is 0 Å². The number of halogens is 1. The van der Waals surface area contributed by atoms with Crippen LogP contribution in [0, 0.1) is 0 Å². The standard InChI is InChI=1S/C31H32BrN3O4/c1-2-3-15-35-26(29(32)33-30(35)24-7-5-4-6-8-24)21-34(19-22-9-12-25(13-10-22)31(36)37)20-23-11-14-27-28(18-23)39-17-16-38-27/h4-14,18H,2-3,15-17,19-21H2,1H3,(H,36,37). The number of hydrogen-bond donors (Lipinski definition) is 1. The largest absolute Gasteiger partial charge is 0.486 e. The van der Waals surface area contributed by atoms with Gasteiger partial charge in [-0.05, 0) is 57.7 Å². The van der Waals surface area contributed by atoms with Crippen molar-refractivity contribution in [3.8, 4) is 22.9 Å². The normalized spacial score (nSPS) is 12.6. The fourth-order valence-electron chi connectivity index (χ4n) is 4.81. The molecule has 0 unspecified atom stereocenters. The van der Waals surface area contributed by atoms with Gasteiger partial charge in [0.05, 0.1) is 11.3 Å². The zero-order valence-corrected chi connectivity index (χ0v) is 23.6. The third-order valence-electron chi connectivity index (χ3n) is 6.78. The van der Waals surface area contributed by atoms with Gasteiger partial charge >= 0.3 is 5.97 Å². The van der Waals surface area contributed by atoms with Crippen LogP contribution in [0.4, 0.5) is 0 Å². The van der Waals surface area contributed by atoms with Crippen LogP contribution in [0.5, 0.6) is 11.5 Å². The van der Waals surface area contributed by atoms with E-state index in [1.807, 2.05) is 42.5 Å². The molecule has 1 N–H and O–H groups in total.